The molecule has 2 N–H and O–H groups in total. The van der Waals surface area contributed by atoms with Gasteiger partial charge in [0.05, 0.1) is 5.56 Å². The SMILES string of the molecule is O=C1NC(C(=O)O)COc2ccc(F)cc21. The fourth-order valence-electron chi connectivity index (χ4n) is 1.39. The minimum atomic E-state index is -1.19. The summed E-state index contributed by atoms with van der Waals surface area (Å²) in [5.41, 5.74) is 0.00347. The molecule has 0 saturated carbocycles. The van der Waals surface area contributed by atoms with Gasteiger partial charge in [0.1, 0.15) is 18.2 Å². The quantitative estimate of drug-likeness (QED) is 0.725. The normalized spacial score (nSPS) is 19.1. The summed E-state index contributed by atoms with van der Waals surface area (Å²) in [6.07, 6.45) is 0. The third-order valence-electron chi connectivity index (χ3n) is 2.20. The van der Waals surface area contributed by atoms with Gasteiger partial charge < -0.3 is 15.2 Å². The molecule has 16 heavy (non-hydrogen) atoms. The third-order valence-corrected chi connectivity index (χ3v) is 2.20. The lowest BCUT2D eigenvalue weighted by Crippen LogP contribution is -2.42. The molecule has 0 bridgehead atoms. The molecule has 1 aliphatic heterocycles. The van der Waals surface area contributed by atoms with Gasteiger partial charge in [-0.15, -0.1) is 0 Å². The zero-order chi connectivity index (χ0) is 11.7. The Morgan fingerprint density at radius 3 is 3.00 bits per heavy atom. The standard InChI is InChI=1S/C10H8FNO4/c11-5-1-2-8-6(3-5)9(13)12-7(4-16-8)10(14)15/h1-3,7H,4H2,(H,12,13)(H,14,15). The first-order chi connectivity index (χ1) is 7.58. The number of ether oxygens (including phenoxy) is 1. The second-order valence-electron chi connectivity index (χ2n) is 3.32. The van der Waals surface area contributed by atoms with Gasteiger partial charge in [-0.25, -0.2) is 9.18 Å². The molecule has 0 aliphatic carbocycles. The molecule has 1 atom stereocenters. The van der Waals surface area contributed by atoms with E-state index in [1.807, 2.05) is 0 Å². The van der Waals surface area contributed by atoms with E-state index in [0.29, 0.717) is 0 Å². The predicted octanol–water partition coefficient (Wildman–Crippen LogP) is 0.401. The van der Waals surface area contributed by atoms with Crippen LogP contribution in [0.15, 0.2) is 18.2 Å². The number of nitrogens with one attached hydrogen (secondary N) is 1. The number of carbonyl (C=O) groups is 2. The van der Waals surface area contributed by atoms with Crippen molar-refractivity contribution < 1.29 is 23.8 Å². The summed E-state index contributed by atoms with van der Waals surface area (Å²) in [7, 11) is 0. The maximum atomic E-state index is 12.9. The molecule has 1 aromatic carbocycles. The number of hydrogen-bond donors (Lipinski definition) is 2. The second-order valence-corrected chi connectivity index (χ2v) is 3.32. The molecule has 1 unspecified atom stereocenters. The van der Waals surface area contributed by atoms with Crippen molar-refractivity contribution in [1.82, 2.24) is 5.32 Å². The molecule has 0 fully saturated rings. The Kier molecular flexibility index (Phi) is 2.47. The van der Waals surface area contributed by atoms with Crippen LogP contribution in [-0.4, -0.2) is 29.6 Å². The van der Waals surface area contributed by atoms with Crippen LogP contribution in [0.3, 0.4) is 0 Å². The average Bonchev–Trinajstić information content (AvgIpc) is 2.39. The topological polar surface area (TPSA) is 75.6 Å². The van der Waals surface area contributed by atoms with Crippen molar-refractivity contribution in [1.29, 1.82) is 0 Å². The minimum absolute atomic E-state index is 0.00347. The molecule has 0 saturated heterocycles. The predicted molar refractivity (Wildman–Crippen MR) is 50.8 cm³/mol. The van der Waals surface area contributed by atoms with Crippen molar-refractivity contribution in [3.63, 3.8) is 0 Å². The number of carboxylic acid groups (broad SMARTS) is 1. The molecule has 0 aromatic heterocycles. The number of amides is 1. The van der Waals surface area contributed by atoms with Gasteiger partial charge in [0, 0.05) is 0 Å². The van der Waals surface area contributed by atoms with Crippen LogP contribution in [0, 0.1) is 5.82 Å². The van der Waals surface area contributed by atoms with Crippen molar-refractivity contribution >= 4 is 11.9 Å². The van der Waals surface area contributed by atoms with Gasteiger partial charge in [0.2, 0.25) is 0 Å². The Morgan fingerprint density at radius 2 is 2.31 bits per heavy atom. The van der Waals surface area contributed by atoms with Crippen LogP contribution < -0.4 is 10.1 Å². The number of benzene rings is 1. The Morgan fingerprint density at radius 1 is 1.56 bits per heavy atom. The molecular formula is C10H8FNO4. The summed E-state index contributed by atoms with van der Waals surface area (Å²) in [6, 6.07) is 2.33. The number of halogens is 1. The Hall–Kier alpha value is -2.11. The van der Waals surface area contributed by atoms with E-state index in [1.54, 1.807) is 0 Å². The van der Waals surface area contributed by atoms with Crippen LogP contribution in [0.2, 0.25) is 0 Å². The van der Waals surface area contributed by atoms with Gasteiger partial charge in [-0.2, -0.15) is 0 Å². The van der Waals surface area contributed by atoms with Crippen molar-refractivity contribution in [2.45, 2.75) is 6.04 Å². The number of hydrogen-bond acceptors (Lipinski definition) is 3. The lowest BCUT2D eigenvalue weighted by Gasteiger charge is -2.09. The zero-order valence-electron chi connectivity index (χ0n) is 8.07. The molecule has 1 aliphatic rings. The van der Waals surface area contributed by atoms with Crippen molar-refractivity contribution in [3.8, 4) is 5.75 Å². The first-order valence-corrected chi connectivity index (χ1v) is 4.54. The first-order valence-electron chi connectivity index (χ1n) is 4.54. The second kappa shape index (κ2) is 3.80. The molecule has 0 spiro atoms. The van der Waals surface area contributed by atoms with Crippen LogP contribution in [0.1, 0.15) is 10.4 Å². The van der Waals surface area contributed by atoms with E-state index < -0.39 is 23.7 Å². The summed E-state index contributed by atoms with van der Waals surface area (Å²) in [6.45, 7) is -0.181. The number of carbonyl (C=O) groups excluding carboxylic acids is 1. The fraction of sp³-hybridized carbons (Fsp3) is 0.200. The highest BCUT2D eigenvalue weighted by Crippen LogP contribution is 2.22. The monoisotopic (exact) mass is 225 g/mol. The van der Waals surface area contributed by atoms with E-state index in [4.69, 9.17) is 9.84 Å². The van der Waals surface area contributed by atoms with Crippen molar-refractivity contribution in [3.05, 3.63) is 29.6 Å². The van der Waals surface area contributed by atoms with E-state index >= 15 is 0 Å². The van der Waals surface area contributed by atoms with Gasteiger partial charge in [-0.05, 0) is 18.2 Å². The van der Waals surface area contributed by atoms with Crippen LogP contribution in [0.4, 0.5) is 4.39 Å². The molecule has 5 nitrogen and oxygen atoms in total. The van der Waals surface area contributed by atoms with Gasteiger partial charge in [-0.3, -0.25) is 4.79 Å². The smallest absolute Gasteiger partial charge is 0.329 e. The fourth-order valence-corrected chi connectivity index (χ4v) is 1.39. The molecule has 1 amide bonds. The number of rotatable bonds is 1. The van der Waals surface area contributed by atoms with Gasteiger partial charge in [0.15, 0.2) is 6.04 Å². The van der Waals surface area contributed by atoms with E-state index in [2.05, 4.69) is 5.32 Å². The molecule has 2 rings (SSSR count). The lowest BCUT2D eigenvalue weighted by molar-refractivity contribution is -0.139. The van der Waals surface area contributed by atoms with E-state index in [-0.39, 0.29) is 17.9 Å². The molecular weight excluding hydrogens is 217 g/mol. The van der Waals surface area contributed by atoms with Crippen LogP contribution >= 0.6 is 0 Å². The average molecular weight is 225 g/mol. The molecule has 84 valence electrons. The van der Waals surface area contributed by atoms with Gasteiger partial charge >= 0.3 is 5.97 Å². The number of fused-ring (bicyclic) bond motifs is 1. The molecule has 1 aromatic rings. The van der Waals surface area contributed by atoms with Crippen molar-refractivity contribution in [2.75, 3.05) is 6.61 Å². The number of aliphatic carboxylic acids is 1. The highest BCUT2D eigenvalue weighted by Gasteiger charge is 2.27. The van der Waals surface area contributed by atoms with Crippen molar-refractivity contribution in [2.24, 2.45) is 0 Å². The van der Waals surface area contributed by atoms with Crippen LogP contribution in [0.5, 0.6) is 5.75 Å². The highest BCUT2D eigenvalue weighted by atomic mass is 19.1. The van der Waals surface area contributed by atoms with Crippen LogP contribution in [-0.2, 0) is 4.79 Å². The van der Waals surface area contributed by atoms with E-state index in [0.717, 1.165) is 12.1 Å². The first kappa shape index (κ1) is 10.4. The molecule has 6 heteroatoms. The Labute approximate surface area is 89.8 Å². The van der Waals surface area contributed by atoms with E-state index in [1.165, 1.54) is 6.07 Å². The largest absolute Gasteiger partial charge is 0.490 e. The van der Waals surface area contributed by atoms with E-state index in [9.17, 15) is 14.0 Å². The summed E-state index contributed by atoms with van der Waals surface area (Å²) in [5, 5.41) is 11.0. The minimum Gasteiger partial charge on any atom is -0.490 e. The Balaban J connectivity index is 2.36. The maximum absolute atomic E-state index is 12.9. The molecule has 1 heterocycles. The zero-order valence-corrected chi connectivity index (χ0v) is 8.07. The summed E-state index contributed by atoms with van der Waals surface area (Å²) < 4.78 is 18.0. The van der Waals surface area contributed by atoms with Crippen LogP contribution in [0.25, 0.3) is 0 Å². The summed E-state index contributed by atoms with van der Waals surface area (Å²) in [4.78, 5) is 22.3. The highest BCUT2D eigenvalue weighted by molar-refractivity contribution is 5.99. The molecule has 0 radical (unpaired) electrons. The number of carboxylic acids is 1. The summed E-state index contributed by atoms with van der Waals surface area (Å²) in [5.74, 6) is -2.24. The lowest BCUT2D eigenvalue weighted by atomic mass is 10.2. The Bertz CT molecular complexity index is 460. The maximum Gasteiger partial charge on any atom is 0.329 e. The third kappa shape index (κ3) is 1.81. The van der Waals surface area contributed by atoms with Gasteiger partial charge in [-0.1, -0.05) is 0 Å². The van der Waals surface area contributed by atoms with Gasteiger partial charge in [0.25, 0.3) is 5.91 Å². The summed E-state index contributed by atoms with van der Waals surface area (Å²) >= 11 is 0.